The number of carbonyl (C=O) groups excluding carboxylic acids is 1. The fourth-order valence-electron chi connectivity index (χ4n) is 3.79. The standard InChI is InChI=1S/C22H25ClN4O2/c1-22(2,3)15-6-9-18-17(12-15)20(26-29-18)21(28)24-19-10-11-27(25-19)13-14-4-7-16(23)8-5-14/h4-5,7-8,10-11,15H,6,9,12-13H2,1-3H3,(H,24,25,28). The molecular formula is C22H25ClN4O2. The molecule has 1 N–H and O–H groups in total. The van der Waals surface area contributed by atoms with Crippen molar-refractivity contribution in [2.45, 2.75) is 46.6 Å². The van der Waals surface area contributed by atoms with Crippen LogP contribution in [0.5, 0.6) is 0 Å². The quantitative estimate of drug-likeness (QED) is 0.656. The number of aryl methyl sites for hydroxylation is 1. The van der Waals surface area contributed by atoms with Gasteiger partial charge in [-0.25, -0.2) is 0 Å². The largest absolute Gasteiger partial charge is 0.360 e. The monoisotopic (exact) mass is 412 g/mol. The Hall–Kier alpha value is -2.60. The van der Waals surface area contributed by atoms with Crippen molar-refractivity contribution in [2.24, 2.45) is 11.3 Å². The number of amides is 1. The van der Waals surface area contributed by atoms with E-state index in [2.05, 4.69) is 36.3 Å². The maximum atomic E-state index is 12.8. The summed E-state index contributed by atoms with van der Waals surface area (Å²) in [6.07, 6.45) is 4.53. The summed E-state index contributed by atoms with van der Waals surface area (Å²) in [6, 6.07) is 9.38. The molecule has 7 heteroatoms. The molecule has 1 aliphatic rings. The lowest BCUT2D eigenvalue weighted by Gasteiger charge is -2.33. The highest BCUT2D eigenvalue weighted by Gasteiger charge is 2.34. The van der Waals surface area contributed by atoms with Gasteiger partial charge in [0.05, 0.1) is 6.54 Å². The third-order valence-electron chi connectivity index (χ3n) is 5.62. The smallest absolute Gasteiger partial charge is 0.279 e. The van der Waals surface area contributed by atoms with Crippen LogP contribution in [0.25, 0.3) is 0 Å². The number of benzene rings is 1. The number of hydrogen-bond acceptors (Lipinski definition) is 4. The number of halogens is 1. The Morgan fingerprint density at radius 1 is 1.28 bits per heavy atom. The molecule has 6 nitrogen and oxygen atoms in total. The van der Waals surface area contributed by atoms with Crippen LogP contribution in [0.2, 0.25) is 5.02 Å². The van der Waals surface area contributed by atoms with Crippen molar-refractivity contribution in [3.8, 4) is 0 Å². The average Bonchev–Trinajstić information content (AvgIpc) is 3.29. The van der Waals surface area contributed by atoms with E-state index in [1.54, 1.807) is 10.7 Å². The van der Waals surface area contributed by atoms with Crippen molar-refractivity contribution < 1.29 is 9.32 Å². The zero-order valence-corrected chi connectivity index (χ0v) is 17.7. The molecule has 0 saturated carbocycles. The summed E-state index contributed by atoms with van der Waals surface area (Å²) in [5.74, 6) is 1.55. The van der Waals surface area contributed by atoms with Gasteiger partial charge in [0, 0.05) is 29.3 Å². The molecule has 1 amide bonds. The maximum Gasteiger partial charge on any atom is 0.279 e. The summed E-state index contributed by atoms with van der Waals surface area (Å²) >= 11 is 5.93. The molecule has 0 radical (unpaired) electrons. The minimum absolute atomic E-state index is 0.184. The number of rotatable bonds is 4. The summed E-state index contributed by atoms with van der Waals surface area (Å²) in [6.45, 7) is 7.31. The Balaban J connectivity index is 1.45. The highest BCUT2D eigenvalue weighted by molar-refractivity contribution is 6.30. The van der Waals surface area contributed by atoms with Gasteiger partial charge in [0.15, 0.2) is 11.5 Å². The van der Waals surface area contributed by atoms with Gasteiger partial charge in [-0.3, -0.25) is 9.48 Å². The van der Waals surface area contributed by atoms with E-state index in [9.17, 15) is 4.79 Å². The van der Waals surface area contributed by atoms with Crippen molar-refractivity contribution in [3.05, 3.63) is 64.1 Å². The molecule has 0 spiro atoms. The number of nitrogens with zero attached hydrogens (tertiary/aromatic N) is 3. The van der Waals surface area contributed by atoms with Crippen LogP contribution in [0, 0.1) is 11.3 Å². The third kappa shape index (κ3) is 4.37. The third-order valence-corrected chi connectivity index (χ3v) is 5.87. The number of fused-ring (bicyclic) bond motifs is 1. The van der Waals surface area contributed by atoms with E-state index in [1.165, 1.54) is 0 Å². The maximum absolute atomic E-state index is 12.8. The molecule has 1 aromatic carbocycles. The van der Waals surface area contributed by atoms with E-state index in [4.69, 9.17) is 16.1 Å². The van der Waals surface area contributed by atoms with Crippen LogP contribution in [0.3, 0.4) is 0 Å². The first-order valence-corrected chi connectivity index (χ1v) is 10.2. The Morgan fingerprint density at radius 2 is 2.03 bits per heavy atom. The number of hydrogen-bond donors (Lipinski definition) is 1. The fraction of sp³-hybridized carbons (Fsp3) is 0.409. The molecule has 0 fully saturated rings. The lowest BCUT2D eigenvalue weighted by atomic mass is 9.71. The molecule has 0 saturated heterocycles. The average molecular weight is 413 g/mol. The van der Waals surface area contributed by atoms with Gasteiger partial charge >= 0.3 is 0 Å². The molecule has 1 aliphatic carbocycles. The molecule has 0 aliphatic heterocycles. The Morgan fingerprint density at radius 3 is 2.76 bits per heavy atom. The normalized spacial score (nSPS) is 16.5. The molecule has 2 aromatic heterocycles. The van der Waals surface area contributed by atoms with Gasteiger partial charge in [0.2, 0.25) is 0 Å². The lowest BCUT2D eigenvalue weighted by molar-refractivity contribution is 0.101. The molecular weight excluding hydrogens is 388 g/mol. The molecule has 29 heavy (non-hydrogen) atoms. The van der Waals surface area contributed by atoms with E-state index in [-0.39, 0.29) is 11.3 Å². The number of anilines is 1. The molecule has 1 atom stereocenters. The van der Waals surface area contributed by atoms with E-state index in [0.29, 0.717) is 29.0 Å². The van der Waals surface area contributed by atoms with E-state index < -0.39 is 0 Å². The lowest BCUT2D eigenvalue weighted by Crippen LogP contribution is -2.27. The molecule has 3 aromatic rings. The van der Waals surface area contributed by atoms with E-state index >= 15 is 0 Å². The van der Waals surface area contributed by atoms with Crippen LogP contribution < -0.4 is 5.32 Å². The minimum atomic E-state index is -0.277. The van der Waals surface area contributed by atoms with Gasteiger partial charge in [-0.1, -0.05) is 49.7 Å². The SMILES string of the molecule is CC(C)(C)C1CCc2onc(C(=O)Nc3ccn(Cc4ccc(Cl)cc4)n3)c2C1. The first kappa shape index (κ1) is 19.7. The summed E-state index contributed by atoms with van der Waals surface area (Å²) in [7, 11) is 0. The van der Waals surface area contributed by atoms with Gasteiger partial charge < -0.3 is 9.84 Å². The highest BCUT2D eigenvalue weighted by atomic mass is 35.5. The molecule has 4 rings (SSSR count). The van der Waals surface area contributed by atoms with Crippen LogP contribution in [0.15, 0.2) is 41.1 Å². The van der Waals surface area contributed by atoms with Crippen molar-refractivity contribution in [3.63, 3.8) is 0 Å². The van der Waals surface area contributed by atoms with Crippen LogP contribution in [0.1, 0.15) is 54.6 Å². The fourth-order valence-corrected chi connectivity index (χ4v) is 3.92. The summed E-state index contributed by atoms with van der Waals surface area (Å²) in [5.41, 5.74) is 2.58. The van der Waals surface area contributed by atoms with Gasteiger partial charge in [-0.15, -0.1) is 0 Å². The summed E-state index contributed by atoms with van der Waals surface area (Å²) < 4.78 is 7.22. The van der Waals surface area contributed by atoms with Crippen molar-refractivity contribution in [2.75, 3.05) is 5.32 Å². The molecule has 1 unspecified atom stereocenters. The Bertz CT molecular complexity index is 1010. The zero-order valence-electron chi connectivity index (χ0n) is 16.9. The van der Waals surface area contributed by atoms with Gasteiger partial charge in [0.25, 0.3) is 5.91 Å². The van der Waals surface area contributed by atoms with Gasteiger partial charge in [-0.2, -0.15) is 5.10 Å². The van der Waals surface area contributed by atoms with Crippen LogP contribution >= 0.6 is 11.6 Å². The van der Waals surface area contributed by atoms with Gasteiger partial charge in [0.1, 0.15) is 5.76 Å². The molecule has 0 bridgehead atoms. The van der Waals surface area contributed by atoms with Crippen molar-refractivity contribution in [1.82, 2.24) is 14.9 Å². The molecule has 2 heterocycles. The zero-order chi connectivity index (χ0) is 20.6. The van der Waals surface area contributed by atoms with Crippen LogP contribution in [-0.2, 0) is 19.4 Å². The molecule has 152 valence electrons. The highest BCUT2D eigenvalue weighted by Crippen LogP contribution is 2.38. The first-order chi connectivity index (χ1) is 13.8. The second-order valence-electron chi connectivity index (χ2n) is 8.72. The summed E-state index contributed by atoms with van der Waals surface area (Å²) in [5, 5.41) is 12.0. The second kappa shape index (κ2) is 7.67. The number of nitrogens with one attached hydrogen (secondary N) is 1. The topological polar surface area (TPSA) is 73.0 Å². The van der Waals surface area contributed by atoms with Crippen LogP contribution in [0.4, 0.5) is 5.82 Å². The van der Waals surface area contributed by atoms with Crippen LogP contribution in [-0.4, -0.2) is 20.8 Å². The van der Waals surface area contributed by atoms with Crippen molar-refractivity contribution >= 4 is 23.3 Å². The second-order valence-corrected chi connectivity index (χ2v) is 9.15. The Labute approximate surface area is 175 Å². The number of aromatic nitrogens is 3. The number of carbonyl (C=O) groups is 1. The summed E-state index contributed by atoms with van der Waals surface area (Å²) in [4.78, 5) is 12.8. The predicted molar refractivity (Wildman–Crippen MR) is 112 cm³/mol. The first-order valence-electron chi connectivity index (χ1n) is 9.86. The van der Waals surface area contributed by atoms with Crippen molar-refractivity contribution in [1.29, 1.82) is 0 Å². The minimum Gasteiger partial charge on any atom is -0.360 e. The van der Waals surface area contributed by atoms with Gasteiger partial charge in [-0.05, 0) is 41.9 Å². The predicted octanol–water partition coefficient (Wildman–Crippen LogP) is 4.98. The van der Waals surface area contributed by atoms with E-state index in [0.717, 1.165) is 36.1 Å². The van der Waals surface area contributed by atoms with E-state index in [1.807, 2.05) is 30.5 Å². The Kier molecular flexibility index (Phi) is 5.21.